The molecule has 0 radical (unpaired) electrons. The molecule has 0 aliphatic carbocycles. The molecule has 7 nitrogen and oxygen atoms in total. The van der Waals surface area contributed by atoms with Crippen LogP contribution >= 0.6 is 0 Å². The Morgan fingerprint density at radius 3 is 2.38 bits per heavy atom. The van der Waals surface area contributed by atoms with E-state index >= 15 is 0 Å². The highest BCUT2D eigenvalue weighted by Crippen LogP contribution is 2.35. The Bertz CT molecular complexity index is 1270. The van der Waals surface area contributed by atoms with Crippen LogP contribution in [0.1, 0.15) is 55.4 Å². The molecule has 0 unspecified atom stereocenters. The fourth-order valence-electron chi connectivity index (χ4n) is 4.94. The molecule has 2 amide bonds. The molecular weight excluding hydrogens is 528 g/mol. The molecule has 0 bridgehead atoms. The van der Waals surface area contributed by atoms with Gasteiger partial charge in [0.15, 0.2) is 5.69 Å². The lowest BCUT2D eigenvalue weighted by Gasteiger charge is -2.33. The smallest absolute Gasteiger partial charge is 0.338 e. The van der Waals surface area contributed by atoms with Gasteiger partial charge in [0.25, 0.3) is 11.8 Å². The monoisotopic (exact) mass is 559 g/mol. The first-order valence-electron chi connectivity index (χ1n) is 12.6. The zero-order chi connectivity index (χ0) is 28.9. The predicted molar refractivity (Wildman–Crippen MR) is 130 cm³/mol. The molecule has 39 heavy (non-hydrogen) atoms. The third kappa shape index (κ3) is 6.07. The molecule has 3 heterocycles. The first kappa shape index (κ1) is 28.9. The highest BCUT2D eigenvalue weighted by Gasteiger charge is 2.45. The van der Waals surface area contributed by atoms with Crippen molar-refractivity contribution in [3.05, 3.63) is 41.0 Å². The van der Waals surface area contributed by atoms with Crippen molar-refractivity contribution in [3.8, 4) is 11.4 Å². The van der Waals surface area contributed by atoms with Crippen molar-refractivity contribution < 1.29 is 35.9 Å². The van der Waals surface area contributed by atoms with Gasteiger partial charge in [0.05, 0.1) is 23.4 Å². The Labute approximate surface area is 222 Å². The van der Waals surface area contributed by atoms with Gasteiger partial charge in [0.1, 0.15) is 17.7 Å². The Hall–Kier alpha value is -3.09. The van der Waals surface area contributed by atoms with E-state index in [4.69, 9.17) is 0 Å². The van der Waals surface area contributed by atoms with Gasteiger partial charge in [-0.15, -0.1) is 0 Å². The molecule has 1 atom stereocenters. The van der Waals surface area contributed by atoms with Gasteiger partial charge in [-0.2, -0.15) is 13.2 Å². The maximum atomic E-state index is 14.9. The average molecular weight is 560 g/mol. The topological polar surface area (TPSA) is 70.5 Å². The predicted octanol–water partition coefficient (Wildman–Crippen LogP) is 4.56. The summed E-state index contributed by atoms with van der Waals surface area (Å²) in [5, 5.41) is 2.63. The van der Waals surface area contributed by atoms with Crippen molar-refractivity contribution in [2.24, 2.45) is 5.41 Å². The normalized spacial score (nSPS) is 19.0. The first-order chi connectivity index (χ1) is 18.0. The standard InChI is InChI=1S/C26H31F6N5O2/c1-24(2,3)20(23(39)36-11-8-25(28,29)14-36)34-22(38)19-18-13-35(4)9-5-10-37(18)21(33-19)16-12-15(26(30,31)32)6-7-17(16)27/h6-7,12,20H,5,8-11,13-14H2,1-4H3,(H,34,38)/t20-/m1/s1. The van der Waals surface area contributed by atoms with Gasteiger partial charge < -0.3 is 19.7 Å². The number of carbonyl (C=O) groups excluding carboxylic acids is 2. The van der Waals surface area contributed by atoms with Gasteiger partial charge >= 0.3 is 6.18 Å². The van der Waals surface area contributed by atoms with E-state index in [-0.39, 0.29) is 31.2 Å². The van der Waals surface area contributed by atoms with E-state index in [9.17, 15) is 35.9 Å². The fraction of sp³-hybridized carbons (Fsp3) is 0.577. The molecule has 214 valence electrons. The van der Waals surface area contributed by atoms with Crippen LogP contribution in [0, 0.1) is 11.2 Å². The minimum atomic E-state index is -4.72. The molecule has 2 aromatic rings. The number of halogens is 6. The number of nitrogens with one attached hydrogen (secondary N) is 1. The molecule has 2 aliphatic rings. The molecule has 1 aromatic carbocycles. The van der Waals surface area contributed by atoms with Crippen molar-refractivity contribution in [1.29, 1.82) is 0 Å². The number of hydrogen-bond donors (Lipinski definition) is 1. The quantitative estimate of drug-likeness (QED) is 0.558. The van der Waals surface area contributed by atoms with E-state index in [1.807, 2.05) is 4.90 Å². The number of amides is 2. The average Bonchev–Trinajstić information content (AvgIpc) is 3.29. The van der Waals surface area contributed by atoms with Crippen LogP contribution in [0.4, 0.5) is 26.3 Å². The lowest BCUT2D eigenvalue weighted by atomic mass is 9.85. The summed E-state index contributed by atoms with van der Waals surface area (Å²) in [5.41, 5.74) is -2.14. The SMILES string of the molecule is CN1CCCn2c(-c3cc(C(F)(F)F)ccc3F)nc(C(=O)N[C@H](C(=O)N3CCC(F)(F)C3)C(C)(C)C)c2C1. The number of likely N-dealkylation sites (tertiary alicyclic amines) is 1. The zero-order valence-electron chi connectivity index (χ0n) is 22.1. The number of hydrogen-bond acceptors (Lipinski definition) is 4. The lowest BCUT2D eigenvalue weighted by molar-refractivity contribution is -0.137. The number of rotatable bonds is 4. The van der Waals surface area contributed by atoms with Crippen molar-refractivity contribution in [3.63, 3.8) is 0 Å². The van der Waals surface area contributed by atoms with Crippen LogP contribution in [0.25, 0.3) is 11.4 Å². The summed E-state index contributed by atoms with van der Waals surface area (Å²) in [6.45, 7) is 5.20. The van der Waals surface area contributed by atoms with Crippen molar-refractivity contribution >= 4 is 11.8 Å². The van der Waals surface area contributed by atoms with Gasteiger partial charge in [-0.3, -0.25) is 9.59 Å². The molecule has 0 saturated carbocycles. The maximum absolute atomic E-state index is 14.9. The number of fused-ring (bicyclic) bond motifs is 1. The first-order valence-corrected chi connectivity index (χ1v) is 12.6. The third-order valence-electron chi connectivity index (χ3n) is 7.03. The Kier molecular flexibility index (Phi) is 7.52. The van der Waals surface area contributed by atoms with Gasteiger partial charge in [-0.1, -0.05) is 20.8 Å². The summed E-state index contributed by atoms with van der Waals surface area (Å²) < 4.78 is 84.2. The number of aromatic nitrogens is 2. The number of nitrogens with zero attached hydrogens (tertiary/aromatic N) is 4. The number of imidazole rings is 1. The Balaban J connectivity index is 1.75. The van der Waals surface area contributed by atoms with E-state index in [1.165, 1.54) is 4.57 Å². The van der Waals surface area contributed by atoms with Gasteiger partial charge in [-0.05, 0) is 43.6 Å². The number of alkyl halides is 5. The minimum absolute atomic E-state index is 0.133. The van der Waals surface area contributed by atoms with Crippen LogP contribution in [0.5, 0.6) is 0 Å². The van der Waals surface area contributed by atoms with Crippen molar-refractivity contribution in [2.45, 2.75) is 64.8 Å². The van der Waals surface area contributed by atoms with Crippen LogP contribution < -0.4 is 5.32 Å². The maximum Gasteiger partial charge on any atom is 0.416 e. The lowest BCUT2D eigenvalue weighted by Crippen LogP contribution is -2.54. The Morgan fingerprint density at radius 2 is 1.79 bits per heavy atom. The molecule has 2 aliphatic heterocycles. The van der Waals surface area contributed by atoms with Gasteiger partial charge in [0.2, 0.25) is 5.91 Å². The second kappa shape index (κ2) is 10.1. The molecule has 1 saturated heterocycles. The third-order valence-corrected chi connectivity index (χ3v) is 7.03. The second-order valence-electron chi connectivity index (χ2n) is 11.3. The summed E-state index contributed by atoms with van der Waals surface area (Å²) in [6.07, 6.45) is -4.62. The van der Waals surface area contributed by atoms with Crippen molar-refractivity contribution in [2.75, 3.05) is 26.7 Å². The molecule has 0 spiro atoms. The summed E-state index contributed by atoms with van der Waals surface area (Å²) in [6, 6.07) is 0.820. The second-order valence-corrected chi connectivity index (χ2v) is 11.3. The molecule has 1 N–H and O–H groups in total. The van der Waals surface area contributed by atoms with Crippen molar-refractivity contribution in [1.82, 2.24) is 24.7 Å². The summed E-state index contributed by atoms with van der Waals surface area (Å²) in [7, 11) is 1.80. The summed E-state index contributed by atoms with van der Waals surface area (Å²) >= 11 is 0. The highest BCUT2D eigenvalue weighted by molar-refractivity contribution is 5.98. The van der Waals surface area contributed by atoms with Crippen LogP contribution in [-0.2, 0) is 24.1 Å². The number of carbonyl (C=O) groups is 2. The van der Waals surface area contributed by atoms with E-state index < -0.39 is 65.3 Å². The molecule has 13 heteroatoms. The largest absolute Gasteiger partial charge is 0.416 e. The van der Waals surface area contributed by atoms with E-state index in [0.29, 0.717) is 36.9 Å². The number of benzene rings is 1. The van der Waals surface area contributed by atoms with E-state index in [2.05, 4.69) is 10.3 Å². The minimum Gasteiger partial charge on any atom is -0.338 e. The highest BCUT2D eigenvalue weighted by atomic mass is 19.4. The summed E-state index contributed by atoms with van der Waals surface area (Å²) in [5.74, 6) is -5.55. The van der Waals surface area contributed by atoms with Crippen LogP contribution in [-0.4, -0.2) is 69.8 Å². The molecule has 1 aromatic heterocycles. The van der Waals surface area contributed by atoms with E-state index in [1.54, 1.807) is 27.8 Å². The van der Waals surface area contributed by atoms with E-state index in [0.717, 1.165) is 4.90 Å². The van der Waals surface area contributed by atoms with Crippen LogP contribution in [0.15, 0.2) is 18.2 Å². The van der Waals surface area contributed by atoms with Gasteiger partial charge in [0, 0.05) is 26.1 Å². The summed E-state index contributed by atoms with van der Waals surface area (Å²) in [4.78, 5) is 34.0. The fourth-order valence-corrected chi connectivity index (χ4v) is 4.94. The molecule has 4 rings (SSSR count). The molecule has 1 fully saturated rings. The van der Waals surface area contributed by atoms with Crippen LogP contribution in [0.3, 0.4) is 0 Å². The Morgan fingerprint density at radius 1 is 1.10 bits per heavy atom. The zero-order valence-corrected chi connectivity index (χ0v) is 22.1. The van der Waals surface area contributed by atoms with Crippen LogP contribution in [0.2, 0.25) is 0 Å². The molecular formula is C26H31F6N5O2. The van der Waals surface area contributed by atoms with Gasteiger partial charge in [-0.25, -0.2) is 18.2 Å².